The Morgan fingerprint density at radius 2 is 1.78 bits per heavy atom. The summed E-state index contributed by atoms with van der Waals surface area (Å²) < 4.78 is 11.9. The van der Waals surface area contributed by atoms with E-state index in [9.17, 15) is 9.59 Å². The molecule has 3 rings (SSSR count). The number of thiocarbonyl (C=S) groups is 1. The number of nitrogens with one attached hydrogen (secondary N) is 3. The van der Waals surface area contributed by atoms with E-state index in [-0.39, 0.29) is 5.11 Å². The minimum absolute atomic E-state index is 0.0660. The van der Waals surface area contributed by atoms with E-state index in [1.807, 2.05) is 43.3 Å². The van der Waals surface area contributed by atoms with Gasteiger partial charge >= 0.3 is 0 Å². The molecule has 0 aliphatic heterocycles. The fourth-order valence-electron chi connectivity index (χ4n) is 2.88. The largest absolute Gasteiger partial charge is 0.493 e. The summed E-state index contributed by atoms with van der Waals surface area (Å²) in [4.78, 5) is 24.9. The number of rotatable bonds is 6. The minimum atomic E-state index is -0.795. The lowest BCUT2D eigenvalue weighted by atomic mass is 10.1. The van der Waals surface area contributed by atoms with Gasteiger partial charge in [-0.15, -0.1) is 0 Å². The summed E-state index contributed by atoms with van der Waals surface area (Å²) in [5.41, 5.74) is 5.26. The molecule has 0 saturated heterocycles. The van der Waals surface area contributed by atoms with Gasteiger partial charge in [0.25, 0.3) is 11.8 Å². The zero-order chi connectivity index (χ0) is 23.1. The first-order chi connectivity index (χ1) is 15.4. The molecule has 3 N–H and O–H groups in total. The summed E-state index contributed by atoms with van der Waals surface area (Å²) >= 11 is 8.44. The maximum atomic E-state index is 12.6. The predicted molar refractivity (Wildman–Crippen MR) is 131 cm³/mol. The fourth-order valence-corrected chi connectivity index (χ4v) is 3.39. The number of ether oxygens (including phenoxy) is 2. The SMILES string of the molecule is CCOc1ccc(Br)cc1C(=O)NC(=S)NNC(=O)C(C)Oc1ccc2ccccc2c1. The van der Waals surface area contributed by atoms with E-state index in [1.54, 1.807) is 31.2 Å². The molecule has 0 aliphatic carbocycles. The van der Waals surface area contributed by atoms with Gasteiger partial charge in [-0.1, -0.05) is 46.3 Å². The Morgan fingerprint density at radius 1 is 1.03 bits per heavy atom. The standard InChI is InChI=1S/C23H22BrN3O4S/c1-3-30-20-11-9-17(24)13-19(20)22(29)25-23(32)27-26-21(28)14(2)31-18-10-8-15-6-4-5-7-16(15)12-18/h4-14H,3H2,1-2H3,(H,26,28)(H2,25,27,29,32). The Bertz CT molecular complexity index is 1160. The molecule has 9 heteroatoms. The highest BCUT2D eigenvalue weighted by Crippen LogP contribution is 2.23. The molecule has 3 aromatic carbocycles. The highest BCUT2D eigenvalue weighted by Gasteiger charge is 2.17. The summed E-state index contributed by atoms with van der Waals surface area (Å²) in [5, 5.41) is 4.54. The molecule has 0 heterocycles. The number of amides is 2. The summed E-state index contributed by atoms with van der Waals surface area (Å²) in [5.74, 6) is 0.0759. The zero-order valence-electron chi connectivity index (χ0n) is 17.5. The molecular formula is C23H22BrN3O4S. The number of hydrogen-bond acceptors (Lipinski definition) is 5. The van der Waals surface area contributed by atoms with Crippen molar-refractivity contribution in [3.05, 3.63) is 70.7 Å². The topological polar surface area (TPSA) is 88.7 Å². The molecule has 0 bridgehead atoms. The first kappa shape index (κ1) is 23.5. The number of fused-ring (bicyclic) bond motifs is 1. The molecule has 166 valence electrons. The van der Waals surface area contributed by atoms with Crippen molar-refractivity contribution in [3.63, 3.8) is 0 Å². The normalized spacial score (nSPS) is 11.3. The molecule has 7 nitrogen and oxygen atoms in total. The molecule has 0 fully saturated rings. The van der Waals surface area contributed by atoms with Crippen molar-refractivity contribution in [3.8, 4) is 11.5 Å². The summed E-state index contributed by atoms with van der Waals surface area (Å²) in [6.07, 6.45) is -0.795. The Hall–Kier alpha value is -3.17. The number of carbonyl (C=O) groups is 2. The van der Waals surface area contributed by atoms with Crippen LogP contribution in [0.5, 0.6) is 11.5 Å². The van der Waals surface area contributed by atoms with Gasteiger partial charge in [-0.05, 0) is 67.2 Å². The maximum Gasteiger partial charge on any atom is 0.279 e. The van der Waals surface area contributed by atoms with Crippen molar-refractivity contribution in [1.29, 1.82) is 0 Å². The van der Waals surface area contributed by atoms with Gasteiger partial charge < -0.3 is 9.47 Å². The third-order valence-electron chi connectivity index (χ3n) is 4.42. The average molecular weight is 516 g/mol. The quantitative estimate of drug-likeness (QED) is 0.338. The van der Waals surface area contributed by atoms with Gasteiger partial charge in [-0.3, -0.25) is 25.8 Å². The van der Waals surface area contributed by atoms with E-state index >= 15 is 0 Å². The van der Waals surface area contributed by atoms with Crippen molar-refractivity contribution < 1.29 is 19.1 Å². The molecule has 0 saturated carbocycles. The first-order valence-corrected chi connectivity index (χ1v) is 11.1. The third kappa shape index (κ3) is 6.18. The highest BCUT2D eigenvalue weighted by molar-refractivity contribution is 9.10. The number of hydrazine groups is 1. The lowest BCUT2D eigenvalue weighted by molar-refractivity contribution is -0.127. The van der Waals surface area contributed by atoms with Gasteiger partial charge in [0.2, 0.25) is 0 Å². The number of carbonyl (C=O) groups excluding carboxylic acids is 2. The second-order valence-electron chi connectivity index (χ2n) is 6.74. The van der Waals surface area contributed by atoms with Crippen LogP contribution in [0.3, 0.4) is 0 Å². The van der Waals surface area contributed by atoms with Crippen molar-refractivity contribution >= 4 is 55.8 Å². The van der Waals surface area contributed by atoms with E-state index in [4.69, 9.17) is 21.7 Å². The van der Waals surface area contributed by atoms with Crippen LogP contribution in [-0.4, -0.2) is 29.6 Å². The molecule has 1 unspecified atom stereocenters. The van der Waals surface area contributed by atoms with Crippen LogP contribution in [0.4, 0.5) is 0 Å². The fraction of sp³-hybridized carbons (Fsp3) is 0.174. The average Bonchev–Trinajstić information content (AvgIpc) is 2.78. The van der Waals surface area contributed by atoms with Gasteiger partial charge in [0.1, 0.15) is 11.5 Å². The van der Waals surface area contributed by atoms with E-state index in [0.717, 1.165) is 15.2 Å². The van der Waals surface area contributed by atoms with Gasteiger partial charge in [0.05, 0.1) is 12.2 Å². The van der Waals surface area contributed by atoms with Crippen LogP contribution in [0.1, 0.15) is 24.2 Å². The molecule has 0 aliphatic rings. The van der Waals surface area contributed by atoms with Crippen LogP contribution >= 0.6 is 28.1 Å². The van der Waals surface area contributed by atoms with Gasteiger partial charge in [0.15, 0.2) is 11.2 Å². The van der Waals surface area contributed by atoms with Crippen molar-refractivity contribution in [2.75, 3.05) is 6.61 Å². The molecule has 3 aromatic rings. The van der Waals surface area contributed by atoms with E-state index in [0.29, 0.717) is 23.7 Å². The highest BCUT2D eigenvalue weighted by atomic mass is 79.9. The smallest absolute Gasteiger partial charge is 0.279 e. The Balaban J connectivity index is 1.53. The van der Waals surface area contributed by atoms with Gasteiger partial charge in [-0.2, -0.15) is 0 Å². The minimum Gasteiger partial charge on any atom is -0.493 e. The van der Waals surface area contributed by atoms with E-state index in [1.165, 1.54) is 0 Å². The van der Waals surface area contributed by atoms with Crippen molar-refractivity contribution in [2.24, 2.45) is 0 Å². The number of halogens is 1. The molecule has 0 radical (unpaired) electrons. The summed E-state index contributed by atoms with van der Waals surface area (Å²) in [7, 11) is 0. The third-order valence-corrected chi connectivity index (χ3v) is 5.11. The van der Waals surface area contributed by atoms with Crippen molar-refractivity contribution in [2.45, 2.75) is 20.0 Å². The Kier molecular flexibility index (Phi) is 8.02. The van der Waals surface area contributed by atoms with E-state index < -0.39 is 17.9 Å². The Morgan fingerprint density at radius 3 is 2.53 bits per heavy atom. The molecular weight excluding hydrogens is 494 g/mol. The van der Waals surface area contributed by atoms with Gasteiger partial charge in [0, 0.05) is 4.47 Å². The molecule has 0 spiro atoms. The second kappa shape index (κ2) is 10.9. The molecule has 2 amide bonds. The first-order valence-electron chi connectivity index (χ1n) is 9.86. The van der Waals surface area contributed by atoms with Gasteiger partial charge in [-0.25, -0.2) is 0 Å². The van der Waals surface area contributed by atoms with Crippen LogP contribution in [0.15, 0.2) is 65.1 Å². The Labute approximate surface area is 199 Å². The summed E-state index contributed by atoms with van der Waals surface area (Å²) in [6.45, 7) is 3.85. The van der Waals surface area contributed by atoms with E-state index in [2.05, 4.69) is 32.1 Å². The van der Waals surface area contributed by atoms with Crippen LogP contribution < -0.4 is 25.6 Å². The van der Waals surface area contributed by atoms with Crippen LogP contribution in [0.2, 0.25) is 0 Å². The molecule has 0 aromatic heterocycles. The maximum absolute atomic E-state index is 12.6. The molecule has 32 heavy (non-hydrogen) atoms. The summed E-state index contributed by atoms with van der Waals surface area (Å²) in [6, 6.07) is 18.6. The predicted octanol–water partition coefficient (Wildman–Crippen LogP) is 4.10. The lowest BCUT2D eigenvalue weighted by Gasteiger charge is -2.17. The monoisotopic (exact) mass is 515 g/mol. The van der Waals surface area contributed by atoms with Crippen LogP contribution in [0.25, 0.3) is 10.8 Å². The number of benzene rings is 3. The van der Waals surface area contributed by atoms with Crippen molar-refractivity contribution in [1.82, 2.24) is 16.2 Å². The van der Waals surface area contributed by atoms with Crippen LogP contribution in [-0.2, 0) is 4.79 Å². The number of hydrogen-bond donors (Lipinski definition) is 3. The zero-order valence-corrected chi connectivity index (χ0v) is 19.9. The van der Waals surface area contributed by atoms with Crippen LogP contribution in [0, 0.1) is 0 Å². The molecule has 1 atom stereocenters. The lowest BCUT2D eigenvalue weighted by Crippen LogP contribution is -2.51. The second-order valence-corrected chi connectivity index (χ2v) is 8.06.